The van der Waals surface area contributed by atoms with Crippen molar-refractivity contribution >= 4 is 17.4 Å². The number of carbonyl (C=O) groups excluding carboxylic acids is 2. The molecular weight excluding hydrogens is 375 g/mol. The number of halogens is 3. The third-order valence-corrected chi connectivity index (χ3v) is 4.42. The van der Waals surface area contributed by atoms with Crippen molar-refractivity contribution in [2.75, 3.05) is 4.90 Å². The first-order chi connectivity index (χ1) is 12.9. The summed E-state index contributed by atoms with van der Waals surface area (Å²) >= 11 is 0. The average molecular weight is 393 g/mol. The maximum atomic E-state index is 12.9. The molecule has 3 rings (SSSR count). The van der Waals surface area contributed by atoms with Crippen molar-refractivity contribution < 1.29 is 32.3 Å². The van der Waals surface area contributed by atoms with Crippen molar-refractivity contribution in [3.05, 3.63) is 65.3 Å². The molecule has 0 bridgehead atoms. The average Bonchev–Trinajstić information content (AvgIpc) is 3.20. The number of aliphatic hydroxyl groups is 1. The highest BCUT2D eigenvalue weighted by atomic mass is 19.4. The van der Waals surface area contributed by atoms with Gasteiger partial charge in [-0.1, -0.05) is 20.8 Å². The molecule has 1 aliphatic rings. The second-order valence-corrected chi connectivity index (χ2v) is 7.48. The maximum Gasteiger partial charge on any atom is 0.416 e. The van der Waals surface area contributed by atoms with Crippen LogP contribution in [0, 0.1) is 5.41 Å². The predicted molar refractivity (Wildman–Crippen MR) is 94.5 cm³/mol. The number of carbonyl (C=O) groups is 2. The number of aliphatic hydroxyl groups excluding tert-OH is 1. The van der Waals surface area contributed by atoms with Crippen LogP contribution in [0.5, 0.6) is 0 Å². The van der Waals surface area contributed by atoms with Gasteiger partial charge < -0.3 is 9.52 Å². The van der Waals surface area contributed by atoms with Gasteiger partial charge in [-0.2, -0.15) is 13.2 Å². The van der Waals surface area contributed by atoms with Gasteiger partial charge in [0.2, 0.25) is 0 Å². The van der Waals surface area contributed by atoms with Crippen LogP contribution in [0.15, 0.2) is 58.4 Å². The molecule has 0 spiro atoms. The summed E-state index contributed by atoms with van der Waals surface area (Å²) in [5.74, 6) is -1.87. The van der Waals surface area contributed by atoms with Crippen LogP contribution in [0.4, 0.5) is 18.9 Å². The van der Waals surface area contributed by atoms with Gasteiger partial charge in [0.05, 0.1) is 17.4 Å². The molecule has 0 saturated heterocycles. The lowest BCUT2D eigenvalue weighted by molar-refractivity contribution is -0.137. The van der Waals surface area contributed by atoms with Gasteiger partial charge in [0.25, 0.3) is 5.91 Å². The maximum absolute atomic E-state index is 12.9. The fourth-order valence-corrected chi connectivity index (χ4v) is 3.03. The molecule has 1 N–H and O–H groups in total. The van der Waals surface area contributed by atoms with Crippen molar-refractivity contribution in [1.82, 2.24) is 0 Å². The molecular formula is C20H18F3NO4. The minimum absolute atomic E-state index is 0.0997. The van der Waals surface area contributed by atoms with Crippen molar-refractivity contribution in [2.24, 2.45) is 5.41 Å². The Morgan fingerprint density at radius 2 is 1.71 bits per heavy atom. The van der Waals surface area contributed by atoms with E-state index < -0.39 is 40.6 Å². The zero-order valence-corrected chi connectivity index (χ0v) is 15.4. The van der Waals surface area contributed by atoms with Gasteiger partial charge in [-0.3, -0.25) is 14.5 Å². The molecule has 0 fully saturated rings. The highest BCUT2D eigenvalue weighted by Crippen LogP contribution is 2.44. The third-order valence-electron chi connectivity index (χ3n) is 4.42. The number of hydrogen-bond donors (Lipinski definition) is 1. The Labute approximate surface area is 159 Å². The van der Waals surface area contributed by atoms with E-state index in [2.05, 4.69) is 0 Å². The Bertz CT molecular complexity index is 935. The predicted octanol–water partition coefficient (Wildman–Crippen LogP) is 4.81. The van der Waals surface area contributed by atoms with E-state index in [9.17, 15) is 27.9 Å². The van der Waals surface area contributed by atoms with Crippen LogP contribution in [0.1, 0.15) is 38.1 Å². The number of hydrogen-bond acceptors (Lipinski definition) is 4. The molecule has 0 radical (unpaired) electrons. The van der Waals surface area contributed by atoms with E-state index >= 15 is 0 Å². The van der Waals surface area contributed by atoms with E-state index in [4.69, 9.17) is 4.42 Å². The van der Waals surface area contributed by atoms with Crippen molar-refractivity contribution in [1.29, 1.82) is 0 Å². The molecule has 1 aliphatic heterocycles. The van der Waals surface area contributed by atoms with Crippen LogP contribution in [0.2, 0.25) is 0 Å². The first-order valence-electron chi connectivity index (χ1n) is 8.45. The molecule has 0 saturated carbocycles. The summed E-state index contributed by atoms with van der Waals surface area (Å²) in [7, 11) is 0. The molecule has 28 heavy (non-hydrogen) atoms. The number of benzene rings is 1. The zero-order chi connectivity index (χ0) is 20.9. The fraction of sp³-hybridized carbons (Fsp3) is 0.300. The Hall–Kier alpha value is -3.03. The lowest BCUT2D eigenvalue weighted by Gasteiger charge is -2.27. The van der Waals surface area contributed by atoms with Crippen molar-refractivity contribution in [2.45, 2.75) is 33.0 Å². The largest absolute Gasteiger partial charge is 0.503 e. The second-order valence-electron chi connectivity index (χ2n) is 7.48. The standard InChI is InChI=1S/C20H18F3NO4/c1-19(2,3)17(26)14-15(13-5-4-10-28-13)24(18(27)16(14)25)12-8-6-11(7-9-12)20(21,22)23/h4-10,15,25H,1-3H3. The van der Waals surface area contributed by atoms with E-state index in [0.29, 0.717) is 0 Å². The number of amides is 1. The minimum atomic E-state index is -4.53. The van der Waals surface area contributed by atoms with Crippen LogP contribution >= 0.6 is 0 Å². The van der Waals surface area contributed by atoms with E-state index in [1.165, 1.54) is 12.3 Å². The number of anilines is 1. The smallest absolute Gasteiger partial charge is 0.416 e. The monoisotopic (exact) mass is 393 g/mol. The van der Waals surface area contributed by atoms with Crippen LogP contribution < -0.4 is 4.90 Å². The number of ketones is 1. The fourth-order valence-electron chi connectivity index (χ4n) is 3.03. The van der Waals surface area contributed by atoms with Crippen molar-refractivity contribution in [3.8, 4) is 0 Å². The van der Waals surface area contributed by atoms with Gasteiger partial charge >= 0.3 is 6.18 Å². The molecule has 148 valence electrons. The first-order valence-corrected chi connectivity index (χ1v) is 8.45. The molecule has 1 unspecified atom stereocenters. The summed E-state index contributed by atoms with van der Waals surface area (Å²) in [4.78, 5) is 26.7. The topological polar surface area (TPSA) is 70.8 Å². The molecule has 1 atom stereocenters. The number of Topliss-reactive ketones (excluding diaryl/α,β-unsaturated/α-hetero) is 1. The summed E-state index contributed by atoms with van der Waals surface area (Å²) in [5, 5.41) is 10.4. The minimum Gasteiger partial charge on any atom is -0.503 e. The summed E-state index contributed by atoms with van der Waals surface area (Å²) in [6, 6.07) is 5.92. The molecule has 8 heteroatoms. The lowest BCUT2D eigenvalue weighted by Crippen LogP contribution is -2.32. The number of rotatable bonds is 3. The molecule has 5 nitrogen and oxygen atoms in total. The summed E-state index contributed by atoms with van der Waals surface area (Å²) in [6.45, 7) is 4.92. The van der Waals surface area contributed by atoms with Gasteiger partial charge in [0.15, 0.2) is 11.5 Å². The van der Waals surface area contributed by atoms with Gasteiger partial charge in [-0.25, -0.2) is 0 Å². The van der Waals surface area contributed by atoms with Gasteiger partial charge in [0, 0.05) is 11.1 Å². The summed E-state index contributed by atoms with van der Waals surface area (Å²) in [6.07, 6.45) is -3.18. The summed E-state index contributed by atoms with van der Waals surface area (Å²) in [5.41, 5.74) is -1.82. The number of alkyl halides is 3. The van der Waals surface area contributed by atoms with E-state index in [1.54, 1.807) is 26.8 Å². The molecule has 1 amide bonds. The number of nitrogens with zero attached hydrogens (tertiary/aromatic N) is 1. The van der Waals surface area contributed by atoms with Gasteiger partial charge in [-0.15, -0.1) is 0 Å². The Kier molecular flexibility index (Phi) is 4.61. The third kappa shape index (κ3) is 3.30. The second kappa shape index (κ2) is 6.54. The Morgan fingerprint density at radius 3 is 2.18 bits per heavy atom. The quantitative estimate of drug-likeness (QED) is 0.812. The number of furan rings is 1. The van der Waals surface area contributed by atoms with Crippen LogP contribution in [0.3, 0.4) is 0 Å². The van der Waals surface area contributed by atoms with Crippen LogP contribution in [-0.2, 0) is 15.8 Å². The molecule has 2 heterocycles. The zero-order valence-electron chi connectivity index (χ0n) is 15.4. The normalized spacial score (nSPS) is 18.1. The highest BCUT2D eigenvalue weighted by Gasteiger charge is 2.48. The lowest BCUT2D eigenvalue weighted by atomic mass is 9.83. The molecule has 0 aliphatic carbocycles. The Morgan fingerprint density at radius 1 is 1.11 bits per heavy atom. The molecule has 1 aromatic heterocycles. The van der Waals surface area contributed by atoms with E-state index in [0.717, 1.165) is 29.2 Å². The first kappa shape index (κ1) is 19.7. The van der Waals surface area contributed by atoms with Crippen LogP contribution in [0.25, 0.3) is 0 Å². The van der Waals surface area contributed by atoms with Gasteiger partial charge in [0.1, 0.15) is 11.8 Å². The SMILES string of the molecule is CC(C)(C)C(=O)C1=C(O)C(=O)N(c2ccc(C(F)(F)F)cc2)C1c1ccco1. The molecule has 1 aromatic carbocycles. The Balaban J connectivity index is 2.12. The van der Waals surface area contributed by atoms with E-state index in [1.807, 2.05) is 0 Å². The molecule has 2 aromatic rings. The van der Waals surface area contributed by atoms with E-state index in [-0.39, 0.29) is 17.0 Å². The van der Waals surface area contributed by atoms with Gasteiger partial charge in [-0.05, 0) is 36.4 Å². The highest BCUT2D eigenvalue weighted by molar-refractivity contribution is 6.17. The van der Waals surface area contributed by atoms with Crippen molar-refractivity contribution in [3.63, 3.8) is 0 Å². The summed E-state index contributed by atoms with van der Waals surface area (Å²) < 4.78 is 43.9. The van der Waals surface area contributed by atoms with Crippen LogP contribution in [-0.4, -0.2) is 16.8 Å².